The molecule has 1 heterocycles. The molecule has 0 fully saturated rings. The van der Waals surface area contributed by atoms with E-state index in [-0.39, 0.29) is 6.03 Å². The van der Waals surface area contributed by atoms with Gasteiger partial charge in [-0.05, 0) is 29.3 Å². The number of nitrogens with one attached hydrogen (secondary N) is 1. The molecule has 1 aliphatic rings. The number of fused-ring (bicyclic) bond motifs is 1. The maximum absolute atomic E-state index is 13.0. The van der Waals surface area contributed by atoms with E-state index < -0.39 is 0 Å². The van der Waals surface area contributed by atoms with Crippen molar-refractivity contribution in [3.8, 4) is 17.2 Å². The second kappa shape index (κ2) is 11.1. The van der Waals surface area contributed by atoms with Gasteiger partial charge in [-0.2, -0.15) is 0 Å². The Morgan fingerprint density at radius 2 is 1.79 bits per heavy atom. The van der Waals surface area contributed by atoms with Crippen LogP contribution >= 0.6 is 11.6 Å². The first kappa shape index (κ1) is 23.7. The quantitative estimate of drug-likeness (QED) is 0.481. The van der Waals surface area contributed by atoms with Crippen molar-refractivity contribution in [3.63, 3.8) is 0 Å². The van der Waals surface area contributed by atoms with Crippen molar-refractivity contribution in [1.82, 2.24) is 4.90 Å². The summed E-state index contributed by atoms with van der Waals surface area (Å²) in [6.45, 7) is 2.13. The fourth-order valence-corrected chi connectivity index (χ4v) is 3.88. The lowest BCUT2D eigenvalue weighted by Gasteiger charge is -2.21. The van der Waals surface area contributed by atoms with Gasteiger partial charge in [-0.1, -0.05) is 35.9 Å². The zero-order valence-corrected chi connectivity index (χ0v) is 19.9. The van der Waals surface area contributed by atoms with Crippen LogP contribution in [0, 0.1) is 0 Å². The molecule has 1 N–H and O–H groups in total. The fourth-order valence-electron chi connectivity index (χ4n) is 3.69. The predicted molar refractivity (Wildman–Crippen MR) is 131 cm³/mol. The van der Waals surface area contributed by atoms with Crippen molar-refractivity contribution < 1.29 is 23.7 Å². The Kier molecular flexibility index (Phi) is 7.77. The lowest BCUT2D eigenvalue weighted by molar-refractivity contribution is 0.107. The van der Waals surface area contributed by atoms with Gasteiger partial charge in [-0.25, -0.2) is 4.79 Å². The number of benzene rings is 3. The molecule has 0 saturated carbocycles. The average Bonchev–Trinajstić information content (AvgIpc) is 3.07. The van der Waals surface area contributed by atoms with Crippen LogP contribution in [0.15, 0.2) is 60.7 Å². The number of carbonyl (C=O) groups excluding carboxylic acids is 1. The van der Waals surface area contributed by atoms with Gasteiger partial charge in [-0.3, -0.25) is 0 Å². The molecule has 1 aliphatic heterocycles. The summed E-state index contributed by atoms with van der Waals surface area (Å²) < 4.78 is 22.3. The Hall–Kier alpha value is -3.42. The molecule has 178 valence electrons. The number of amides is 2. The van der Waals surface area contributed by atoms with Crippen molar-refractivity contribution in [3.05, 3.63) is 82.4 Å². The lowest BCUT2D eigenvalue weighted by atomic mass is 10.1. The fraction of sp³-hybridized carbons (Fsp3) is 0.269. The largest absolute Gasteiger partial charge is 0.497 e. The lowest BCUT2D eigenvalue weighted by Crippen LogP contribution is -2.36. The summed E-state index contributed by atoms with van der Waals surface area (Å²) in [4.78, 5) is 14.7. The molecule has 8 heteroatoms. The summed E-state index contributed by atoms with van der Waals surface area (Å²) in [7, 11) is 3.14. The first-order chi connectivity index (χ1) is 16.6. The first-order valence-electron chi connectivity index (χ1n) is 10.9. The molecule has 2 amide bonds. The number of hydrogen-bond donors (Lipinski definition) is 1. The van der Waals surface area contributed by atoms with Crippen LogP contribution in [-0.2, 0) is 24.5 Å². The SMILES string of the molecule is COc1cc(NC(=O)N2CCOc3ccc(COCc4ccccc4Cl)cc3C2)cc(OC)c1. The Morgan fingerprint density at radius 3 is 2.53 bits per heavy atom. The third kappa shape index (κ3) is 5.92. The number of urea groups is 1. The normalized spacial score (nSPS) is 12.9. The molecule has 3 aromatic rings. The highest BCUT2D eigenvalue weighted by molar-refractivity contribution is 6.31. The summed E-state index contributed by atoms with van der Waals surface area (Å²) in [5.41, 5.74) is 3.46. The van der Waals surface area contributed by atoms with Gasteiger partial charge in [0.2, 0.25) is 0 Å². The monoisotopic (exact) mass is 482 g/mol. The summed E-state index contributed by atoms with van der Waals surface area (Å²) in [5, 5.41) is 3.61. The van der Waals surface area contributed by atoms with E-state index in [1.807, 2.05) is 42.5 Å². The molecule has 7 nitrogen and oxygen atoms in total. The van der Waals surface area contributed by atoms with Gasteiger partial charge in [0, 0.05) is 34.5 Å². The Labute approximate surface area is 204 Å². The van der Waals surface area contributed by atoms with Gasteiger partial charge in [0.05, 0.1) is 40.5 Å². The van der Waals surface area contributed by atoms with E-state index in [1.165, 1.54) is 0 Å². The number of carbonyl (C=O) groups is 1. The van der Waals surface area contributed by atoms with Crippen LogP contribution in [-0.4, -0.2) is 38.3 Å². The number of ether oxygens (including phenoxy) is 4. The molecular formula is C26H27ClN2O5. The van der Waals surface area contributed by atoms with E-state index in [9.17, 15) is 4.79 Å². The average molecular weight is 483 g/mol. The summed E-state index contributed by atoms with van der Waals surface area (Å²) in [6.07, 6.45) is 0. The third-order valence-corrected chi connectivity index (χ3v) is 5.85. The Morgan fingerprint density at radius 1 is 1.03 bits per heavy atom. The molecule has 0 saturated heterocycles. The van der Waals surface area contributed by atoms with Crippen LogP contribution < -0.4 is 19.5 Å². The van der Waals surface area contributed by atoms with Crippen molar-refractivity contribution in [2.45, 2.75) is 19.8 Å². The molecule has 34 heavy (non-hydrogen) atoms. The molecule has 0 aromatic heterocycles. The molecule has 0 aliphatic carbocycles. The minimum atomic E-state index is -0.230. The highest BCUT2D eigenvalue weighted by atomic mass is 35.5. The first-order valence-corrected chi connectivity index (χ1v) is 11.3. The van der Waals surface area contributed by atoms with Crippen molar-refractivity contribution in [1.29, 1.82) is 0 Å². The van der Waals surface area contributed by atoms with Crippen LogP contribution in [0.3, 0.4) is 0 Å². The maximum atomic E-state index is 13.0. The second-order valence-corrected chi connectivity index (χ2v) is 8.23. The van der Waals surface area contributed by atoms with Crippen LogP contribution in [0.1, 0.15) is 16.7 Å². The van der Waals surface area contributed by atoms with Gasteiger partial charge < -0.3 is 29.2 Å². The topological polar surface area (TPSA) is 69.3 Å². The van der Waals surface area contributed by atoms with Gasteiger partial charge >= 0.3 is 6.03 Å². The van der Waals surface area contributed by atoms with Gasteiger partial charge in [0.1, 0.15) is 23.9 Å². The number of halogens is 1. The van der Waals surface area contributed by atoms with E-state index in [4.69, 9.17) is 30.5 Å². The summed E-state index contributed by atoms with van der Waals surface area (Å²) in [6, 6.07) is 18.6. The van der Waals surface area contributed by atoms with E-state index in [0.717, 1.165) is 22.4 Å². The molecule has 0 bridgehead atoms. The molecule has 4 rings (SSSR count). The number of nitrogens with zero attached hydrogens (tertiary/aromatic N) is 1. The smallest absolute Gasteiger partial charge is 0.322 e. The van der Waals surface area contributed by atoms with Crippen molar-refractivity contribution >= 4 is 23.3 Å². The Balaban J connectivity index is 1.41. The minimum Gasteiger partial charge on any atom is -0.497 e. The molecule has 0 unspecified atom stereocenters. The summed E-state index contributed by atoms with van der Waals surface area (Å²) >= 11 is 6.20. The van der Waals surface area contributed by atoms with Gasteiger partial charge in [0.15, 0.2) is 0 Å². The van der Waals surface area contributed by atoms with Crippen LogP contribution in [0.4, 0.5) is 10.5 Å². The molecule has 0 radical (unpaired) electrons. The third-order valence-electron chi connectivity index (χ3n) is 5.48. The highest BCUT2D eigenvalue weighted by Gasteiger charge is 2.21. The second-order valence-electron chi connectivity index (χ2n) is 7.83. The number of anilines is 1. The van der Waals surface area contributed by atoms with Gasteiger partial charge in [-0.15, -0.1) is 0 Å². The Bertz CT molecular complexity index is 1130. The van der Waals surface area contributed by atoms with E-state index in [1.54, 1.807) is 37.3 Å². The standard InChI is InChI=1S/C26H27ClN2O5/c1-31-22-12-21(13-23(14-22)32-2)28-26(30)29-9-10-34-25-8-7-18(11-20(25)15-29)16-33-17-19-5-3-4-6-24(19)27/h3-8,11-14H,9-10,15-17H2,1-2H3,(H,28,30). The zero-order chi connectivity index (χ0) is 23.9. The van der Waals surface area contributed by atoms with Crippen LogP contribution in [0.2, 0.25) is 5.02 Å². The van der Waals surface area contributed by atoms with Crippen molar-refractivity contribution in [2.24, 2.45) is 0 Å². The zero-order valence-electron chi connectivity index (χ0n) is 19.2. The molecule has 0 atom stereocenters. The number of methoxy groups -OCH3 is 2. The highest BCUT2D eigenvalue weighted by Crippen LogP contribution is 2.28. The van der Waals surface area contributed by atoms with Crippen molar-refractivity contribution in [2.75, 3.05) is 32.7 Å². The minimum absolute atomic E-state index is 0.230. The van der Waals surface area contributed by atoms with E-state index >= 15 is 0 Å². The molecule has 0 spiro atoms. The van der Waals surface area contributed by atoms with E-state index in [2.05, 4.69) is 5.32 Å². The van der Waals surface area contributed by atoms with Gasteiger partial charge in [0.25, 0.3) is 0 Å². The number of hydrogen-bond acceptors (Lipinski definition) is 5. The maximum Gasteiger partial charge on any atom is 0.322 e. The predicted octanol–water partition coefficient (Wildman–Crippen LogP) is 5.50. The molecule has 3 aromatic carbocycles. The van der Waals surface area contributed by atoms with E-state index in [0.29, 0.717) is 55.1 Å². The van der Waals surface area contributed by atoms with Crippen LogP contribution in [0.25, 0.3) is 0 Å². The molecular weight excluding hydrogens is 456 g/mol. The van der Waals surface area contributed by atoms with Crippen LogP contribution in [0.5, 0.6) is 17.2 Å². The number of rotatable bonds is 7. The summed E-state index contributed by atoms with van der Waals surface area (Å²) in [5.74, 6) is 1.97.